The van der Waals surface area contributed by atoms with Gasteiger partial charge >= 0.3 is 0 Å². The first-order valence-corrected chi connectivity index (χ1v) is 20.1. The predicted molar refractivity (Wildman–Crippen MR) is 245 cm³/mol. The van der Waals surface area contributed by atoms with Crippen LogP contribution in [0.15, 0.2) is 206 Å². The zero-order valence-electron chi connectivity index (χ0n) is 32.4. The normalized spacial score (nSPS) is 11.3. The van der Waals surface area contributed by atoms with Crippen LogP contribution in [0, 0.1) is 11.3 Å². The Hall–Kier alpha value is -8.26. The van der Waals surface area contributed by atoms with E-state index in [2.05, 4.69) is 109 Å². The van der Waals surface area contributed by atoms with Gasteiger partial charge in [0, 0.05) is 27.8 Å². The zero-order chi connectivity index (χ0) is 40.0. The number of hydrogen-bond donors (Lipinski definition) is 0. The molecule has 0 amide bonds. The maximum Gasteiger partial charge on any atom is 0.164 e. The molecular formula is C56H34N4. The van der Waals surface area contributed by atoms with E-state index in [1.54, 1.807) is 0 Å². The van der Waals surface area contributed by atoms with Crippen LogP contribution in [0.4, 0.5) is 0 Å². The fraction of sp³-hybridized carbons (Fsp3) is 0. The predicted octanol–water partition coefficient (Wildman–Crippen LogP) is 14.2. The fourth-order valence-electron chi connectivity index (χ4n) is 8.59. The summed E-state index contributed by atoms with van der Waals surface area (Å²) in [6, 6.07) is 73.9. The van der Waals surface area contributed by atoms with E-state index in [1.165, 1.54) is 38.6 Å². The molecule has 0 radical (unpaired) electrons. The fourth-order valence-corrected chi connectivity index (χ4v) is 8.59. The maximum absolute atomic E-state index is 10.6. The van der Waals surface area contributed by atoms with E-state index < -0.39 is 0 Å². The van der Waals surface area contributed by atoms with E-state index in [0.717, 1.165) is 55.6 Å². The molecule has 9 aromatic carbocycles. The van der Waals surface area contributed by atoms with Gasteiger partial charge in [0.1, 0.15) is 6.07 Å². The molecule has 0 saturated heterocycles. The van der Waals surface area contributed by atoms with Gasteiger partial charge in [-0.1, -0.05) is 194 Å². The van der Waals surface area contributed by atoms with Crippen LogP contribution in [-0.4, -0.2) is 15.0 Å². The van der Waals surface area contributed by atoms with E-state index in [-0.39, 0.29) is 0 Å². The van der Waals surface area contributed by atoms with Gasteiger partial charge in [-0.25, -0.2) is 15.0 Å². The van der Waals surface area contributed by atoms with Gasteiger partial charge in [0.2, 0.25) is 0 Å². The van der Waals surface area contributed by atoms with Gasteiger partial charge in [-0.2, -0.15) is 5.26 Å². The standard InChI is InChI=1S/C56H34N4/c57-35-52-46(38-25-23-37(24-26-38)44-31-32-48-49-21-8-15-40-16-9-22-50(53(40)49)51(48)34-44)19-10-20-47(52)39-27-29-42(30-28-39)55-58-54(41-13-5-2-6-14-41)59-56(60-55)45-18-7-17-43(33-45)36-11-3-1-4-12-36/h1-34H. The number of hydrogen-bond acceptors (Lipinski definition) is 4. The first-order chi connectivity index (χ1) is 29.7. The van der Waals surface area contributed by atoms with Crippen LogP contribution in [0.5, 0.6) is 0 Å². The summed E-state index contributed by atoms with van der Waals surface area (Å²) >= 11 is 0. The lowest BCUT2D eigenvalue weighted by Gasteiger charge is -2.12. The van der Waals surface area contributed by atoms with E-state index in [1.807, 2.05) is 103 Å². The van der Waals surface area contributed by atoms with Crippen LogP contribution in [0.25, 0.3) is 112 Å². The number of fused-ring (bicyclic) bond motifs is 3. The summed E-state index contributed by atoms with van der Waals surface area (Å²) in [5.41, 5.74) is 16.7. The van der Waals surface area contributed by atoms with Crippen LogP contribution in [0.1, 0.15) is 5.56 Å². The zero-order valence-corrected chi connectivity index (χ0v) is 32.4. The molecule has 1 aromatic heterocycles. The molecule has 11 rings (SSSR count). The minimum Gasteiger partial charge on any atom is -0.208 e. The van der Waals surface area contributed by atoms with Crippen molar-refractivity contribution in [3.63, 3.8) is 0 Å². The van der Waals surface area contributed by atoms with Gasteiger partial charge in [0.05, 0.1) is 5.56 Å². The van der Waals surface area contributed by atoms with E-state index in [0.29, 0.717) is 23.0 Å². The van der Waals surface area contributed by atoms with Crippen molar-refractivity contribution in [3.8, 4) is 107 Å². The molecule has 4 nitrogen and oxygen atoms in total. The molecule has 0 aliphatic heterocycles. The van der Waals surface area contributed by atoms with Crippen molar-refractivity contribution in [1.82, 2.24) is 15.0 Å². The average molecular weight is 763 g/mol. The molecule has 0 saturated carbocycles. The third kappa shape index (κ3) is 6.14. The third-order valence-electron chi connectivity index (χ3n) is 11.6. The summed E-state index contributed by atoms with van der Waals surface area (Å²) in [6.45, 7) is 0. The summed E-state index contributed by atoms with van der Waals surface area (Å²) in [5, 5.41) is 13.2. The van der Waals surface area contributed by atoms with Gasteiger partial charge in [0.15, 0.2) is 17.5 Å². The van der Waals surface area contributed by atoms with Gasteiger partial charge < -0.3 is 0 Å². The van der Waals surface area contributed by atoms with Gasteiger partial charge in [0.25, 0.3) is 0 Å². The molecule has 1 heterocycles. The summed E-state index contributed by atoms with van der Waals surface area (Å²) in [7, 11) is 0. The van der Waals surface area contributed by atoms with Gasteiger partial charge in [-0.15, -0.1) is 0 Å². The number of nitrogens with zero attached hydrogens (tertiary/aromatic N) is 4. The number of benzene rings is 9. The van der Waals surface area contributed by atoms with Crippen molar-refractivity contribution >= 4 is 10.8 Å². The summed E-state index contributed by atoms with van der Waals surface area (Å²) < 4.78 is 0. The van der Waals surface area contributed by atoms with E-state index in [4.69, 9.17) is 15.0 Å². The summed E-state index contributed by atoms with van der Waals surface area (Å²) in [5.74, 6) is 1.79. The Bertz CT molecular complexity index is 3290. The molecule has 0 N–H and O–H groups in total. The smallest absolute Gasteiger partial charge is 0.164 e. The van der Waals surface area contributed by atoms with E-state index >= 15 is 0 Å². The van der Waals surface area contributed by atoms with Crippen molar-refractivity contribution in [1.29, 1.82) is 5.26 Å². The third-order valence-corrected chi connectivity index (χ3v) is 11.6. The molecule has 60 heavy (non-hydrogen) atoms. The van der Waals surface area contributed by atoms with Crippen LogP contribution in [0.2, 0.25) is 0 Å². The lowest BCUT2D eigenvalue weighted by atomic mass is 9.91. The molecule has 1 aliphatic rings. The Kier molecular flexibility index (Phi) is 8.50. The van der Waals surface area contributed by atoms with E-state index in [9.17, 15) is 5.26 Å². The molecule has 0 unspecified atom stereocenters. The van der Waals surface area contributed by atoms with Crippen LogP contribution in [0.3, 0.4) is 0 Å². The molecular weight excluding hydrogens is 729 g/mol. The molecule has 0 atom stereocenters. The number of nitriles is 1. The molecule has 10 aromatic rings. The Morgan fingerprint density at radius 2 is 0.700 bits per heavy atom. The molecule has 0 bridgehead atoms. The lowest BCUT2D eigenvalue weighted by Crippen LogP contribution is -2.00. The summed E-state index contributed by atoms with van der Waals surface area (Å²) in [4.78, 5) is 14.9. The van der Waals surface area contributed by atoms with Gasteiger partial charge in [-0.3, -0.25) is 0 Å². The number of rotatable bonds is 7. The van der Waals surface area contributed by atoms with Crippen molar-refractivity contribution in [2.75, 3.05) is 0 Å². The average Bonchev–Trinajstić information content (AvgIpc) is 3.66. The molecule has 278 valence electrons. The lowest BCUT2D eigenvalue weighted by molar-refractivity contribution is 1.07. The second-order valence-electron chi connectivity index (χ2n) is 15.1. The van der Waals surface area contributed by atoms with Crippen molar-refractivity contribution in [2.24, 2.45) is 0 Å². The van der Waals surface area contributed by atoms with Crippen LogP contribution in [-0.2, 0) is 0 Å². The van der Waals surface area contributed by atoms with Crippen molar-refractivity contribution in [3.05, 3.63) is 212 Å². The molecule has 0 spiro atoms. The Balaban J connectivity index is 0.909. The highest BCUT2D eigenvalue weighted by Crippen LogP contribution is 2.48. The first-order valence-electron chi connectivity index (χ1n) is 20.1. The highest BCUT2D eigenvalue weighted by atomic mass is 15.0. The Labute approximate surface area is 348 Å². The molecule has 1 aliphatic carbocycles. The minimum atomic E-state index is 0.579. The Morgan fingerprint density at radius 3 is 1.33 bits per heavy atom. The van der Waals surface area contributed by atoms with Gasteiger partial charge in [-0.05, 0) is 78.5 Å². The highest BCUT2D eigenvalue weighted by Gasteiger charge is 2.22. The monoisotopic (exact) mass is 762 g/mol. The molecule has 4 heteroatoms. The largest absolute Gasteiger partial charge is 0.208 e. The van der Waals surface area contributed by atoms with Crippen LogP contribution < -0.4 is 0 Å². The number of aromatic nitrogens is 3. The topological polar surface area (TPSA) is 62.5 Å². The van der Waals surface area contributed by atoms with Crippen molar-refractivity contribution < 1.29 is 0 Å². The minimum absolute atomic E-state index is 0.579. The first kappa shape index (κ1) is 34.9. The summed E-state index contributed by atoms with van der Waals surface area (Å²) in [6.07, 6.45) is 0. The second-order valence-corrected chi connectivity index (χ2v) is 15.1. The molecule has 0 fully saturated rings. The SMILES string of the molecule is N#Cc1c(-c2ccc(-c3ccc4c(c3)-c3cccc5cccc-4c35)cc2)cccc1-c1ccc(-c2nc(-c3ccccc3)nc(-c3cccc(-c4ccccc4)c3)n2)cc1. The van der Waals surface area contributed by atoms with Crippen molar-refractivity contribution in [2.45, 2.75) is 0 Å². The Morgan fingerprint density at radius 1 is 0.283 bits per heavy atom. The second kappa shape index (κ2) is 14.6. The quantitative estimate of drug-likeness (QED) is 0.162. The highest BCUT2D eigenvalue weighted by molar-refractivity contribution is 6.15. The maximum atomic E-state index is 10.6. The van der Waals surface area contributed by atoms with Crippen LogP contribution >= 0.6 is 0 Å².